The van der Waals surface area contributed by atoms with Gasteiger partial charge in [0, 0.05) is 17.1 Å². The maximum atomic E-state index is 14.1. The lowest BCUT2D eigenvalue weighted by molar-refractivity contribution is -0.141. The standard InChI is InChI=1S/C30H32Cl2F3N3O4S/c1-5-25(28(40)36-29(2,3)4)37(18-20-11-14-22(31)15-12-20)27(39)19-38(43(41,42)23-9-7-6-8-10-23)26-17-21(30(33,34)35)13-16-24(26)32/h6-17,25H,5,18-19H2,1-4H3,(H,36,40). The molecular formula is C30H32Cl2F3N3O4S. The van der Waals surface area contributed by atoms with Gasteiger partial charge in [0.15, 0.2) is 0 Å². The first-order chi connectivity index (χ1) is 19.9. The lowest BCUT2D eigenvalue weighted by Crippen LogP contribution is -2.55. The third kappa shape index (κ3) is 8.87. The molecule has 3 aromatic carbocycles. The van der Waals surface area contributed by atoms with Crippen LogP contribution in [0.3, 0.4) is 0 Å². The van der Waals surface area contributed by atoms with Crippen LogP contribution in [0.4, 0.5) is 18.9 Å². The van der Waals surface area contributed by atoms with Gasteiger partial charge >= 0.3 is 6.18 Å². The smallest absolute Gasteiger partial charge is 0.350 e. The van der Waals surface area contributed by atoms with Crippen molar-refractivity contribution in [2.24, 2.45) is 0 Å². The van der Waals surface area contributed by atoms with E-state index in [4.69, 9.17) is 23.2 Å². The van der Waals surface area contributed by atoms with E-state index in [2.05, 4.69) is 5.32 Å². The molecule has 1 atom stereocenters. The molecule has 3 aromatic rings. The molecule has 0 saturated carbocycles. The van der Waals surface area contributed by atoms with Crippen LogP contribution in [-0.2, 0) is 32.3 Å². The molecule has 0 saturated heterocycles. The quantitative estimate of drug-likeness (QED) is 0.256. The molecule has 2 amide bonds. The van der Waals surface area contributed by atoms with Crippen molar-refractivity contribution in [1.29, 1.82) is 0 Å². The predicted molar refractivity (Wildman–Crippen MR) is 161 cm³/mol. The monoisotopic (exact) mass is 657 g/mol. The van der Waals surface area contributed by atoms with Crippen molar-refractivity contribution in [3.05, 3.63) is 94.0 Å². The molecule has 0 radical (unpaired) electrons. The van der Waals surface area contributed by atoms with E-state index in [-0.39, 0.29) is 22.9 Å². The number of sulfonamides is 1. The second-order valence-corrected chi connectivity index (χ2v) is 13.5. The van der Waals surface area contributed by atoms with Crippen molar-refractivity contribution in [2.75, 3.05) is 10.8 Å². The zero-order valence-electron chi connectivity index (χ0n) is 24.0. The minimum Gasteiger partial charge on any atom is -0.350 e. The molecule has 0 fully saturated rings. The Morgan fingerprint density at radius 1 is 0.930 bits per heavy atom. The molecular weight excluding hydrogens is 626 g/mol. The molecule has 13 heteroatoms. The Morgan fingerprint density at radius 3 is 2.07 bits per heavy atom. The highest BCUT2D eigenvalue weighted by molar-refractivity contribution is 7.92. The number of carbonyl (C=O) groups is 2. The summed E-state index contributed by atoms with van der Waals surface area (Å²) in [6, 6.07) is 14.7. The Labute approximate surface area is 259 Å². The molecule has 0 aliphatic carbocycles. The molecule has 0 aromatic heterocycles. The Bertz CT molecular complexity index is 1550. The number of nitrogens with zero attached hydrogens (tertiary/aromatic N) is 2. The van der Waals surface area contributed by atoms with Crippen molar-refractivity contribution in [3.8, 4) is 0 Å². The lowest BCUT2D eigenvalue weighted by atomic mass is 10.1. The first-order valence-electron chi connectivity index (χ1n) is 13.2. The van der Waals surface area contributed by atoms with Crippen molar-refractivity contribution >= 4 is 50.7 Å². The van der Waals surface area contributed by atoms with Crippen LogP contribution < -0.4 is 9.62 Å². The fourth-order valence-corrected chi connectivity index (χ4v) is 6.11. The highest BCUT2D eigenvalue weighted by Gasteiger charge is 2.37. The normalized spacial score (nSPS) is 12.9. The van der Waals surface area contributed by atoms with E-state index in [1.165, 1.54) is 29.2 Å². The molecule has 3 rings (SSSR count). The van der Waals surface area contributed by atoms with Gasteiger partial charge in [-0.2, -0.15) is 13.2 Å². The lowest BCUT2D eigenvalue weighted by Gasteiger charge is -2.35. The summed E-state index contributed by atoms with van der Waals surface area (Å²) in [6.07, 6.45) is -4.65. The number of nitrogens with one attached hydrogen (secondary N) is 1. The fraction of sp³-hybridized carbons (Fsp3) is 0.333. The molecule has 1 N–H and O–H groups in total. The van der Waals surface area contributed by atoms with Gasteiger partial charge in [-0.15, -0.1) is 0 Å². The van der Waals surface area contributed by atoms with Crippen LogP contribution in [0.25, 0.3) is 0 Å². The zero-order valence-corrected chi connectivity index (χ0v) is 26.3. The third-order valence-electron chi connectivity index (χ3n) is 6.30. The number of rotatable bonds is 10. The molecule has 1 unspecified atom stereocenters. The van der Waals surface area contributed by atoms with Gasteiger partial charge in [0.1, 0.15) is 12.6 Å². The predicted octanol–water partition coefficient (Wildman–Crippen LogP) is 6.93. The van der Waals surface area contributed by atoms with Gasteiger partial charge in [-0.05, 0) is 75.2 Å². The highest BCUT2D eigenvalue weighted by Crippen LogP contribution is 2.37. The molecule has 232 valence electrons. The van der Waals surface area contributed by atoms with Crippen molar-refractivity contribution in [2.45, 2.75) is 63.3 Å². The SMILES string of the molecule is CCC(C(=O)NC(C)(C)C)N(Cc1ccc(Cl)cc1)C(=O)CN(c1cc(C(F)(F)F)ccc1Cl)S(=O)(=O)c1ccccc1. The van der Waals surface area contributed by atoms with Gasteiger partial charge in [0.05, 0.1) is 21.2 Å². The van der Waals surface area contributed by atoms with Gasteiger partial charge in [0.2, 0.25) is 11.8 Å². The number of halogens is 5. The highest BCUT2D eigenvalue weighted by atomic mass is 35.5. The Morgan fingerprint density at radius 2 is 1.53 bits per heavy atom. The average Bonchev–Trinajstić information content (AvgIpc) is 2.92. The second kappa shape index (κ2) is 13.6. The van der Waals surface area contributed by atoms with Crippen LogP contribution >= 0.6 is 23.2 Å². The summed E-state index contributed by atoms with van der Waals surface area (Å²) in [4.78, 5) is 28.4. The van der Waals surface area contributed by atoms with Crippen LogP contribution in [0, 0.1) is 0 Å². The maximum Gasteiger partial charge on any atom is 0.416 e. The van der Waals surface area contributed by atoms with Gasteiger partial charge in [-0.3, -0.25) is 13.9 Å². The largest absolute Gasteiger partial charge is 0.416 e. The van der Waals surface area contributed by atoms with Crippen LogP contribution in [0.5, 0.6) is 0 Å². The summed E-state index contributed by atoms with van der Waals surface area (Å²) >= 11 is 12.3. The topological polar surface area (TPSA) is 86.8 Å². The molecule has 0 bridgehead atoms. The van der Waals surface area contributed by atoms with Crippen LogP contribution in [0.1, 0.15) is 45.2 Å². The molecule has 0 heterocycles. The average molecular weight is 659 g/mol. The Balaban J connectivity index is 2.16. The summed E-state index contributed by atoms with van der Waals surface area (Å²) in [7, 11) is -4.61. The summed E-state index contributed by atoms with van der Waals surface area (Å²) in [5, 5.41) is 2.97. The number of carbonyl (C=O) groups excluding carboxylic acids is 2. The molecule has 0 spiro atoms. The van der Waals surface area contributed by atoms with Crippen LogP contribution in [0.15, 0.2) is 77.7 Å². The second-order valence-electron chi connectivity index (χ2n) is 10.8. The van der Waals surface area contributed by atoms with Crippen molar-refractivity contribution < 1.29 is 31.2 Å². The number of anilines is 1. The van der Waals surface area contributed by atoms with Crippen LogP contribution in [-0.4, -0.2) is 43.3 Å². The molecule has 0 aliphatic heterocycles. The Kier molecular flexibility index (Phi) is 10.8. The van der Waals surface area contributed by atoms with E-state index in [9.17, 15) is 31.2 Å². The van der Waals surface area contributed by atoms with E-state index < -0.39 is 57.4 Å². The summed E-state index contributed by atoms with van der Waals surface area (Å²) in [5.74, 6) is -1.31. The number of hydrogen-bond acceptors (Lipinski definition) is 4. The molecule has 0 aliphatic rings. The number of amides is 2. The van der Waals surface area contributed by atoms with E-state index in [0.717, 1.165) is 12.1 Å². The first-order valence-corrected chi connectivity index (χ1v) is 15.4. The van der Waals surface area contributed by atoms with E-state index >= 15 is 0 Å². The third-order valence-corrected chi connectivity index (χ3v) is 8.65. The van der Waals surface area contributed by atoms with Crippen LogP contribution in [0.2, 0.25) is 10.0 Å². The molecule has 7 nitrogen and oxygen atoms in total. The van der Waals surface area contributed by atoms with Gasteiger partial charge in [-0.1, -0.05) is 60.5 Å². The van der Waals surface area contributed by atoms with Gasteiger partial charge in [0.25, 0.3) is 10.0 Å². The van der Waals surface area contributed by atoms with E-state index in [1.807, 2.05) is 0 Å². The Hall–Kier alpha value is -3.28. The number of alkyl halides is 3. The zero-order chi connectivity index (χ0) is 32.2. The fourth-order valence-electron chi connectivity index (χ4n) is 4.27. The van der Waals surface area contributed by atoms with Crippen molar-refractivity contribution in [1.82, 2.24) is 10.2 Å². The number of hydrogen-bond donors (Lipinski definition) is 1. The van der Waals surface area contributed by atoms with E-state index in [0.29, 0.717) is 21.0 Å². The summed E-state index contributed by atoms with van der Waals surface area (Å²) in [5.41, 5.74) is -1.74. The van der Waals surface area contributed by atoms with Crippen molar-refractivity contribution in [3.63, 3.8) is 0 Å². The maximum absolute atomic E-state index is 14.1. The first kappa shape index (κ1) is 34.2. The molecule has 43 heavy (non-hydrogen) atoms. The minimum absolute atomic E-state index is 0.110. The number of benzene rings is 3. The summed E-state index contributed by atoms with van der Waals surface area (Å²) < 4.78 is 69.4. The van der Waals surface area contributed by atoms with Gasteiger partial charge < -0.3 is 10.2 Å². The van der Waals surface area contributed by atoms with Gasteiger partial charge in [-0.25, -0.2) is 8.42 Å². The van der Waals surface area contributed by atoms with E-state index in [1.54, 1.807) is 58.0 Å². The summed E-state index contributed by atoms with van der Waals surface area (Å²) in [6.45, 7) is 5.95. The minimum atomic E-state index is -4.81.